The fourth-order valence-electron chi connectivity index (χ4n) is 15.8. The maximum Gasteiger partial charge on any atom is 0.345 e. The molecule has 123 heavy (non-hydrogen) atoms. The average molecular weight is 1760 g/mol. The van der Waals surface area contributed by atoms with Crippen molar-refractivity contribution in [1.82, 2.24) is 0 Å². The number of ketones is 2. The number of carbonyl (C=O) groups excluding carboxylic acids is 11. The van der Waals surface area contributed by atoms with Crippen molar-refractivity contribution in [2.45, 2.75) is 316 Å². The standard InChI is InChI=1S/C24H32O3Si.C23H30O3Si.C15H18O4.C8H14O3.C8H12O2.C7H12O3.C5H5ClO3.C5H6O4/c1-6-21(22-17-18(2)23(25)26-22)27-28(24(3,4)5,19-13-9-7-10-14-19)20-15-11-8-12-16-20;1-5-20(21-16-17-22(24)25-21)26-27(23(2,3)4,18-12-8-6-9-13-18)19-14-10-7-11-15-19;1-3-12(13-9-10(2)14(16)19-13)18-15(17)11-7-5-4-6-8-11;1-3-6(9)7-4-5(2)8(10)11-7;1-2-8(10)6-3-4-7(9)5-6;1-2-5(8)6-3-4-7(9)10-6;6-5(8)3-1-2-4(7)9-3;6-4-2-1-3(9-4)5(7)8/h7-16,18,21-22H,6,17H2,1-5H3;6-15,20-21H,5,16-17H2,1-4H3;4-8,10,12-13H,3,9H2,1-2H3;5-7,9H,3-4H2,1-2H3;6H,2-5H2,1H3;5-6,8H,2-4H2,1H3;3H,1-2H2;3H,1-2H2,(H,7,8)/t18-,21+,22+;20-,21-;10-,12+,13+;5-,6+,7+;6-;5?,6-;2*3-/m10111000/s1. The van der Waals surface area contributed by atoms with Gasteiger partial charge in [0, 0.05) is 70.1 Å². The third-order valence-electron chi connectivity index (χ3n) is 22.8. The van der Waals surface area contributed by atoms with Crippen LogP contribution in [0.3, 0.4) is 0 Å². The number of hydrogen-bond donors (Lipinski definition) is 3. The van der Waals surface area contributed by atoms with Crippen LogP contribution in [0.1, 0.15) is 243 Å². The molecule has 13 rings (SSSR count). The van der Waals surface area contributed by atoms with Crippen molar-refractivity contribution in [2.75, 3.05) is 0 Å². The quantitative estimate of drug-likeness (QED) is 0.0223. The molecule has 0 amide bonds. The predicted molar refractivity (Wildman–Crippen MR) is 468 cm³/mol. The van der Waals surface area contributed by atoms with E-state index in [0.29, 0.717) is 95.5 Å². The SMILES string of the molecule is CCC(=O)[C@@H]1CCC(=O)C1.CCC(O)[C@@H]1CCC(=O)O1.CC[C@H](O)[C@@H]1C[C@@H](C)C(=O)O1.CC[C@H](OC(=O)c1ccccc1)[C@@H]1C[C@@H](C)C(=O)O1.CC[C@H](O[Si](c1ccccc1)(c1ccccc1)C(C)(C)C)[C@@H]1CCC(=O)O1.CC[C@H](O[Si](c1ccccc1)(c1ccccc1)C(C)(C)C)[C@@H]1C[C@@H](C)C(=O)O1.O=C1CC[C@@H](C(=O)Cl)O1.O=C1CC[C@@H](C(=O)O)O1. The molecule has 0 aromatic heterocycles. The lowest BCUT2D eigenvalue weighted by Gasteiger charge is -2.45. The first-order chi connectivity index (χ1) is 58.3. The summed E-state index contributed by atoms with van der Waals surface area (Å²) in [5.74, 6) is -2.59. The normalized spacial score (nSPS) is 23.8. The number of ether oxygens (including phenoxy) is 8. The van der Waals surface area contributed by atoms with Crippen molar-refractivity contribution in [1.29, 1.82) is 0 Å². The van der Waals surface area contributed by atoms with E-state index in [0.717, 1.165) is 32.1 Å². The van der Waals surface area contributed by atoms with Gasteiger partial charge in [0.1, 0.15) is 48.2 Å². The van der Waals surface area contributed by atoms with Crippen LogP contribution in [0.4, 0.5) is 0 Å². The second-order valence-electron chi connectivity index (χ2n) is 34.1. The molecule has 674 valence electrons. The van der Waals surface area contributed by atoms with E-state index in [1.807, 2.05) is 78.8 Å². The molecule has 28 heteroatoms. The topological polar surface area (TPSA) is 358 Å². The van der Waals surface area contributed by atoms with Crippen LogP contribution >= 0.6 is 11.6 Å². The van der Waals surface area contributed by atoms with Gasteiger partial charge in [-0.25, -0.2) is 9.59 Å². The molecule has 16 atom stereocenters. The van der Waals surface area contributed by atoms with Gasteiger partial charge in [-0.3, -0.25) is 47.9 Å². The highest BCUT2D eigenvalue weighted by Gasteiger charge is 2.55. The molecule has 1 saturated carbocycles. The van der Waals surface area contributed by atoms with Gasteiger partial charge < -0.3 is 62.1 Å². The van der Waals surface area contributed by atoms with Gasteiger partial charge in [-0.05, 0) is 119 Å². The Morgan fingerprint density at radius 2 is 0.748 bits per heavy atom. The van der Waals surface area contributed by atoms with Crippen LogP contribution in [0.15, 0.2) is 152 Å². The van der Waals surface area contributed by atoms with Crippen LogP contribution in [-0.4, -0.2) is 176 Å². The van der Waals surface area contributed by atoms with Gasteiger partial charge in [0.2, 0.25) is 0 Å². The van der Waals surface area contributed by atoms with Gasteiger partial charge in [-0.1, -0.05) is 243 Å². The number of carbonyl (C=O) groups is 12. The van der Waals surface area contributed by atoms with E-state index in [1.165, 1.54) is 20.7 Å². The molecule has 5 aromatic carbocycles. The van der Waals surface area contributed by atoms with Crippen molar-refractivity contribution in [3.8, 4) is 0 Å². The van der Waals surface area contributed by atoms with E-state index < -0.39 is 58.2 Å². The second-order valence-corrected chi connectivity index (χ2v) is 42.9. The van der Waals surface area contributed by atoms with Crippen LogP contribution < -0.4 is 20.7 Å². The Kier molecular flexibility index (Phi) is 41.4. The number of carboxylic acid groups (broad SMARTS) is 1. The first-order valence-corrected chi connectivity index (χ1v) is 47.6. The first-order valence-electron chi connectivity index (χ1n) is 43.4. The number of Topliss-reactive ketones (excluding diaryl/α,β-unsaturated/α-hetero) is 2. The summed E-state index contributed by atoms with van der Waals surface area (Å²) in [6.45, 7) is 31.0. The van der Waals surface area contributed by atoms with Crippen molar-refractivity contribution < 1.29 is 120 Å². The molecule has 7 aliphatic heterocycles. The Balaban J connectivity index is 0.000000227. The number of benzene rings is 5. The van der Waals surface area contributed by atoms with Crippen LogP contribution in [0, 0.1) is 23.7 Å². The zero-order valence-corrected chi connectivity index (χ0v) is 76.8. The minimum atomic E-state index is -2.64. The van der Waals surface area contributed by atoms with E-state index in [9.17, 15) is 67.7 Å². The maximum atomic E-state index is 12.0. The highest BCUT2D eigenvalue weighted by atomic mass is 35.5. The summed E-state index contributed by atoms with van der Waals surface area (Å²) in [7, 11) is -5.25. The number of esters is 8. The van der Waals surface area contributed by atoms with Crippen LogP contribution in [0.2, 0.25) is 10.1 Å². The fourth-order valence-corrected chi connectivity index (χ4v) is 25.5. The predicted octanol–water partition coefficient (Wildman–Crippen LogP) is 13.7. The van der Waals surface area contributed by atoms with Crippen LogP contribution in [0.5, 0.6) is 0 Å². The average Bonchev–Trinajstić information content (AvgIpc) is 1.18. The third kappa shape index (κ3) is 29.8. The highest BCUT2D eigenvalue weighted by Crippen LogP contribution is 2.42. The number of aliphatic hydroxyl groups is 2. The van der Waals surface area contributed by atoms with Gasteiger partial charge in [-0.15, -0.1) is 0 Å². The third-order valence-corrected chi connectivity index (χ3v) is 33.2. The smallest absolute Gasteiger partial charge is 0.345 e. The Morgan fingerprint density at radius 1 is 0.415 bits per heavy atom. The molecule has 5 aromatic rings. The summed E-state index contributed by atoms with van der Waals surface area (Å²) >= 11 is 5.03. The zero-order valence-electron chi connectivity index (χ0n) is 74.0. The van der Waals surface area contributed by atoms with Crippen molar-refractivity contribution in [3.63, 3.8) is 0 Å². The number of aliphatic carboxylic acids is 1. The zero-order chi connectivity index (χ0) is 90.9. The molecule has 7 heterocycles. The molecule has 25 nitrogen and oxygen atoms in total. The number of carboxylic acids is 1. The molecule has 3 N–H and O–H groups in total. The lowest BCUT2D eigenvalue weighted by molar-refractivity contribution is -0.156. The summed E-state index contributed by atoms with van der Waals surface area (Å²) in [4.78, 5) is 131. The number of aliphatic hydroxyl groups excluding tert-OH is 2. The van der Waals surface area contributed by atoms with Crippen LogP contribution in [-0.2, 0) is 99.5 Å². The molecule has 1 aliphatic carbocycles. The monoisotopic (exact) mass is 1760 g/mol. The van der Waals surface area contributed by atoms with E-state index >= 15 is 0 Å². The fraction of sp³-hybridized carbons (Fsp3) is 0.558. The van der Waals surface area contributed by atoms with Crippen molar-refractivity contribution in [2.24, 2.45) is 23.7 Å². The van der Waals surface area contributed by atoms with Gasteiger partial charge >= 0.3 is 53.7 Å². The molecule has 8 fully saturated rings. The number of halogens is 1. The Labute approximate surface area is 731 Å². The largest absolute Gasteiger partial charge is 0.479 e. The maximum absolute atomic E-state index is 12.0. The minimum Gasteiger partial charge on any atom is -0.479 e. The molecular formula is C95H129ClO25Si2. The number of cyclic esters (lactones) is 7. The Morgan fingerprint density at radius 3 is 1.02 bits per heavy atom. The molecule has 0 bridgehead atoms. The Hall–Kier alpha value is -9.10. The summed E-state index contributed by atoms with van der Waals surface area (Å²) in [6, 6.07) is 51.3. The second kappa shape index (κ2) is 49.6. The lowest BCUT2D eigenvalue weighted by atomic mass is 10.0. The molecule has 1 unspecified atom stereocenters. The van der Waals surface area contributed by atoms with E-state index in [4.69, 9.17) is 54.0 Å². The molecule has 0 radical (unpaired) electrons. The van der Waals surface area contributed by atoms with E-state index in [2.05, 4.69) is 162 Å². The summed E-state index contributed by atoms with van der Waals surface area (Å²) in [5, 5.41) is 31.0. The van der Waals surface area contributed by atoms with Crippen LogP contribution in [0.25, 0.3) is 0 Å². The number of hydrogen-bond acceptors (Lipinski definition) is 24. The molecule has 0 spiro atoms. The van der Waals surface area contributed by atoms with Gasteiger partial charge in [0.05, 0.1) is 47.7 Å². The van der Waals surface area contributed by atoms with Gasteiger partial charge in [-0.2, -0.15) is 0 Å². The summed E-state index contributed by atoms with van der Waals surface area (Å²) in [6.07, 6.45) is 7.49. The lowest BCUT2D eigenvalue weighted by Crippen LogP contribution is -2.68. The van der Waals surface area contributed by atoms with E-state index in [-0.39, 0.29) is 142 Å². The molecule has 8 aliphatic rings. The molecular weight excluding hydrogens is 1630 g/mol. The first kappa shape index (κ1) is 103. The minimum absolute atomic E-state index is 0.0406. The van der Waals surface area contributed by atoms with E-state index in [1.54, 1.807) is 24.3 Å². The van der Waals surface area contributed by atoms with Crippen molar-refractivity contribution in [3.05, 3.63) is 157 Å². The van der Waals surface area contributed by atoms with Gasteiger partial charge in [0.25, 0.3) is 21.9 Å². The molecule has 7 saturated heterocycles. The number of rotatable bonds is 24. The summed E-state index contributed by atoms with van der Waals surface area (Å²) in [5.41, 5.74) is 0.512. The Bertz CT molecular complexity index is 4100. The van der Waals surface area contributed by atoms with Gasteiger partial charge in [0.15, 0.2) is 12.2 Å². The highest BCUT2D eigenvalue weighted by molar-refractivity contribution is 7.00. The summed E-state index contributed by atoms with van der Waals surface area (Å²) < 4.78 is 54.9. The van der Waals surface area contributed by atoms with Crippen molar-refractivity contribution >= 4 is 120 Å².